The van der Waals surface area contributed by atoms with Crippen LogP contribution in [0.25, 0.3) is 32.9 Å². The Labute approximate surface area is 304 Å². The van der Waals surface area contributed by atoms with E-state index < -0.39 is 11.2 Å². The van der Waals surface area contributed by atoms with E-state index in [1.807, 2.05) is 51.3 Å². The average Bonchev–Trinajstić information content (AvgIpc) is 3.72. The molecule has 3 aromatic carbocycles. The minimum absolute atomic E-state index is 0.0331. The molecule has 0 bridgehead atoms. The number of benzene rings is 3. The number of aromatic nitrogens is 2. The predicted molar refractivity (Wildman–Crippen MR) is 200 cm³/mol. The third kappa shape index (κ3) is 5.35. The Hall–Kier alpha value is -4.60. The van der Waals surface area contributed by atoms with Crippen molar-refractivity contribution in [3.63, 3.8) is 0 Å². The third-order valence-electron chi connectivity index (χ3n) is 12.0. The number of likely N-dealkylation sites (tertiary alicyclic amines) is 2. The second-order valence-electron chi connectivity index (χ2n) is 18.1. The number of rotatable bonds is 3. The van der Waals surface area contributed by atoms with Crippen LogP contribution in [-0.4, -0.2) is 73.2 Å². The molecule has 0 spiro atoms. The summed E-state index contributed by atoms with van der Waals surface area (Å²) in [6.07, 6.45) is 5.52. The van der Waals surface area contributed by atoms with Gasteiger partial charge < -0.3 is 19.8 Å². The van der Waals surface area contributed by atoms with Gasteiger partial charge in [0.25, 0.3) is 0 Å². The van der Waals surface area contributed by atoms with Gasteiger partial charge in [-0.25, -0.2) is 14.6 Å². The summed E-state index contributed by atoms with van der Waals surface area (Å²) in [4.78, 5) is 44.3. The minimum Gasteiger partial charge on any atom is -0.444 e. The third-order valence-corrected chi connectivity index (χ3v) is 12.0. The largest absolute Gasteiger partial charge is 0.444 e. The van der Waals surface area contributed by atoms with E-state index in [1.54, 1.807) is 0 Å². The van der Waals surface area contributed by atoms with E-state index in [1.165, 1.54) is 22.3 Å². The van der Waals surface area contributed by atoms with Gasteiger partial charge in [-0.05, 0) is 132 Å². The smallest absolute Gasteiger partial charge is 0.411 e. The molecule has 1 aromatic heterocycles. The van der Waals surface area contributed by atoms with Gasteiger partial charge in [0, 0.05) is 17.5 Å². The lowest BCUT2D eigenvalue weighted by atomic mass is 9.83. The fraction of sp³-hybridized carbons (Fsp3) is 0.524. The molecule has 2 unspecified atom stereocenters. The number of nitrogens with zero attached hydrogens (tertiary/aromatic N) is 4. The lowest BCUT2D eigenvalue weighted by Crippen LogP contribution is -2.49. The Bertz CT molecular complexity index is 2190. The maximum Gasteiger partial charge on any atom is 0.411 e. The van der Waals surface area contributed by atoms with E-state index >= 15 is 0 Å². The molecule has 2 saturated carbocycles. The normalized spacial score (nSPS) is 30.0. The topological polar surface area (TPSA) is 112 Å². The van der Waals surface area contributed by atoms with Crippen LogP contribution >= 0.6 is 0 Å². The first-order valence-electron chi connectivity index (χ1n) is 19.2. The van der Waals surface area contributed by atoms with Crippen LogP contribution in [0.2, 0.25) is 0 Å². The molecule has 52 heavy (non-hydrogen) atoms. The van der Waals surface area contributed by atoms with E-state index in [-0.39, 0.29) is 48.4 Å². The number of imidazole rings is 1. The fourth-order valence-corrected chi connectivity index (χ4v) is 9.56. The Kier molecular flexibility index (Phi) is 6.76. The van der Waals surface area contributed by atoms with Crippen molar-refractivity contribution in [1.82, 2.24) is 25.1 Å². The van der Waals surface area contributed by atoms with Crippen LogP contribution in [0, 0.1) is 11.8 Å². The number of amidine groups is 1. The zero-order chi connectivity index (χ0) is 35.8. The number of piperidine rings is 2. The van der Waals surface area contributed by atoms with Gasteiger partial charge in [-0.1, -0.05) is 36.4 Å². The highest BCUT2D eigenvalue weighted by molar-refractivity contribution is 6.05. The Morgan fingerprint density at radius 3 is 2.15 bits per heavy atom. The number of aliphatic imine (C=N–C) groups is 1. The predicted octanol–water partition coefficient (Wildman–Crippen LogP) is 8.21. The molecule has 2 amide bonds. The van der Waals surface area contributed by atoms with Crippen LogP contribution in [-0.2, 0) is 15.9 Å². The van der Waals surface area contributed by atoms with Crippen LogP contribution in [0.3, 0.4) is 0 Å². The fourth-order valence-electron chi connectivity index (χ4n) is 9.56. The van der Waals surface area contributed by atoms with Crippen molar-refractivity contribution >= 4 is 39.8 Å². The van der Waals surface area contributed by atoms with Gasteiger partial charge in [0.15, 0.2) is 0 Å². The van der Waals surface area contributed by atoms with Gasteiger partial charge in [0.1, 0.15) is 22.9 Å². The highest BCUT2D eigenvalue weighted by atomic mass is 16.6. The van der Waals surface area contributed by atoms with E-state index in [2.05, 4.69) is 58.8 Å². The number of hydrogen-bond acceptors (Lipinski definition) is 7. The van der Waals surface area contributed by atoms with Gasteiger partial charge in [0.05, 0.1) is 35.2 Å². The lowest BCUT2D eigenvalue weighted by molar-refractivity contribution is 0.0173. The molecule has 8 atom stereocenters. The first-order chi connectivity index (χ1) is 24.8. The molecule has 10 rings (SSSR count). The monoisotopic (exact) mass is 700 g/mol. The van der Waals surface area contributed by atoms with Gasteiger partial charge in [-0.2, -0.15) is 0 Å². The van der Waals surface area contributed by atoms with Crippen LogP contribution in [0.5, 0.6) is 0 Å². The van der Waals surface area contributed by atoms with Crippen LogP contribution < -0.4 is 5.32 Å². The molecule has 3 aliphatic carbocycles. The summed E-state index contributed by atoms with van der Waals surface area (Å²) in [6.45, 7) is 11.5. The maximum atomic E-state index is 13.2. The second kappa shape index (κ2) is 11.0. The van der Waals surface area contributed by atoms with Crippen molar-refractivity contribution in [3.05, 3.63) is 65.5 Å². The van der Waals surface area contributed by atoms with E-state index in [0.717, 1.165) is 72.0 Å². The summed E-state index contributed by atoms with van der Waals surface area (Å²) >= 11 is 0. The number of ether oxygens (including phenoxy) is 2. The van der Waals surface area contributed by atoms with E-state index in [4.69, 9.17) is 19.5 Å². The van der Waals surface area contributed by atoms with Crippen molar-refractivity contribution < 1.29 is 19.1 Å². The quantitative estimate of drug-likeness (QED) is 0.223. The molecule has 2 saturated heterocycles. The van der Waals surface area contributed by atoms with Crippen molar-refractivity contribution in [2.24, 2.45) is 16.8 Å². The molecule has 0 radical (unpaired) electrons. The summed E-state index contributed by atoms with van der Waals surface area (Å²) < 4.78 is 11.6. The highest BCUT2D eigenvalue weighted by Gasteiger charge is 2.58. The van der Waals surface area contributed by atoms with E-state index in [0.29, 0.717) is 11.8 Å². The zero-order valence-electron chi connectivity index (χ0n) is 30.9. The highest BCUT2D eigenvalue weighted by Crippen LogP contribution is 2.54. The number of aryl methyl sites for hydroxylation is 1. The van der Waals surface area contributed by atoms with Crippen molar-refractivity contribution in [3.8, 4) is 11.1 Å². The van der Waals surface area contributed by atoms with Crippen LogP contribution in [0.4, 0.5) is 9.59 Å². The molecule has 3 aliphatic heterocycles. The summed E-state index contributed by atoms with van der Waals surface area (Å²) in [5.41, 5.74) is 5.86. The molecule has 4 fully saturated rings. The summed E-state index contributed by atoms with van der Waals surface area (Å²) in [5, 5.41) is 5.99. The Morgan fingerprint density at radius 1 is 0.788 bits per heavy atom. The molecule has 10 nitrogen and oxygen atoms in total. The molecular weight excluding hydrogens is 652 g/mol. The number of nitrogens with one attached hydrogen (secondary N) is 2. The van der Waals surface area contributed by atoms with Crippen molar-refractivity contribution in [1.29, 1.82) is 0 Å². The molecule has 4 heterocycles. The summed E-state index contributed by atoms with van der Waals surface area (Å²) in [6, 6.07) is 18.5. The van der Waals surface area contributed by atoms with Crippen molar-refractivity contribution in [2.75, 3.05) is 0 Å². The number of amides is 2. The lowest BCUT2D eigenvalue weighted by Gasteiger charge is -2.31. The molecule has 10 heteroatoms. The average molecular weight is 701 g/mol. The second-order valence-corrected chi connectivity index (χ2v) is 18.1. The minimum atomic E-state index is -0.537. The van der Waals surface area contributed by atoms with Gasteiger partial charge in [-0.3, -0.25) is 14.8 Å². The van der Waals surface area contributed by atoms with Gasteiger partial charge in [-0.15, -0.1) is 0 Å². The number of aromatic amines is 1. The van der Waals surface area contributed by atoms with E-state index in [9.17, 15) is 9.59 Å². The first kappa shape index (κ1) is 32.1. The van der Waals surface area contributed by atoms with Crippen LogP contribution in [0.15, 0.2) is 53.5 Å². The zero-order valence-corrected chi connectivity index (χ0v) is 30.9. The SMILES string of the molecule is CC(C)(C)OC(=O)N1[C@@H]2C[C@@H]2C[C@H]1C1=NC2c3ccc(-c4ccc5c(ccc6[nH]c([C@@H]7C[C@H]8C[C@H]8N7C(=O)OC(C)(C)C)nc65)c4)cc3CCC2N1. The number of carbonyl (C=O) groups is 2. The Morgan fingerprint density at radius 2 is 1.44 bits per heavy atom. The molecule has 2 N–H and O–H groups in total. The summed E-state index contributed by atoms with van der Waals surface area (Å²) in [5.74, 6) is 2.88. The van der Waals surface area contributed by atoms with Gasteiger partial charge >= 0.3 is 12.2 Å². The van der Waals surface area contributed by atoms with Crippen molar-refractivity contribution in [2.45, 2.75) is 128 Å². The Balaban J connectivity index is 0.902. The first-order valence-corrected chi connectivity index (χ1v) is 19.2. The standard InChI is InChI=1S/C42H48N6O4/c1-41(2,3)51-39(49)47-31-17-25(31)19-33(47)37-43-29-13-9-23-15-21(7-11-27(23)35(29)45-37)22-8-12-28-24(16-22)10-14-30-36(28)46-38(44-30)34-20-26-18-32(26)48(34)40(50)52-42(4,5)6/h7-9,11-13,15-16,25-26,30-34,36H,10,14,17-20H2,1-6H3,(H,43,45)(H,44,46)/t25-,26-,30?,31-,32-,33+,34+,36?/m1/s1. The van der Waals surface area contributed by atoms with Gasteiger partial charge in [0.2, 0.25) is 0 Å². The molecular formula is C42H48N6O4. The number of hydrogen-bond donors (Lipinski definition) is 2. The number of carbonyl (C=O) groups excluding carboxylic acids is 2. The molecule has 6 aliphatic rings. The van der Waals surface area contributed by atoms with Crippen LogP contribution in [0.1, 0.15) is 103 Å². The summed E-state index contributed by atoms with van der Waals surface area (Å²) in [7, 11) is 0. The number of H-pyrrole nitrogens is 1. The molecule has 4 aromatic rings. The number of fused-ring (bicyclic) bond motifs is 8. The maximum absolute atomic E-state index is 13.2. The molecule has 270 valence electrons.